The number of nitrogens with zero attached hydrogens (tertiary/aromatic N) is 5. The second-order valence-corrected chi connectivity index (χ2v) is 8.15. The minimum absolute atomic E-state index is 0.0882. The van der Waals surface area contributed by atoms with Crippen LogP contribution in [0.2, 0.25) is 0 Å². The van der Waals surface area contributed by atoms with E-state index in [0.29, 0.717) is 26.1 Å². The molecule has 2 aromatic rings. The first kappa shape index (κ1) is 21.2. The second kappa shape index (κ2) is 10.3. The minimum Gasteiger partial charge on any atom is -0.368 e. The summed E-state index contributed by atoms with van der Waals surface area (Å²) < 4.78 is 1.93. The average Bonchev–Trinajstić information content (AvgIpc) is 3.22. The van der Waals surface area contributed by atoms with Gasteiger partial charge in [0, 0.05) is 50.9 Å². The van der Waals surface area contributed by atoms with Crippen LogP contribution in [0.15, 0.2) is 41.8 Å². The fourth-order valence-electron chi connectivity index (χ4n) is 3.19. The monoisotopic (exact) mass is 416 g/mol. The Bertz CT molecular complexity index is 802. The molecule has 2 heterocycles. The van der Waals surface area contributed by atoms with Gasteiger partial charge in [-0.15, -0.1) is 10.2 Å². The molecule has 2 amide bonds. The highest BCUT2D eigenvalue weighted by molar-refractivity contribution is 7.99. The van der Waals surface area contributed by atoms with Gasteiger partial charge >= 0.3 is 0 Å². The maximum Gasteiger partial charge on any atom is 0.230 e. The van der Waals surface area contributed by atoms with E-state index in [0.717, 1.165) is 18.2 Å². The molecular weight excluding hydrogens is 388 g/mol. The highest BCUT2D eigenvalue weighted by Gasteiger charge is 2.21. The van der Waals surface area contributed by atoms with Crippen molar-refractivity contribution in [2.24, 2.45) is 0 Å². The lowest BCUT2D eigenvalue weighted by Crippen LogP contribution is -2.49. The van der Waals surface area contributed by atoms with E-state index in [1.54, 1.807) is 6.33 Å². The van der Waals surface area contributed by atoms with E-state index in [9.17, 15) is 9.59 Å². The average molecular weight is 417 g/mol. The number of hydrogen-bond acceptors (Lipinski definition) is 6. The number of nitrogens with one attached hydrogen (secondary N) is 1. The fourth-order valence-corrected chi connectivity index (χ4v) is 4.06. The lowest BCUT2D eigenvalue weighted by Gasteiger charge is -2.36. The Morgan fingerprint density at radius 2 is 1.86 bits per heavy atom. The number of anilines is 1. The fraction of sp³-hybridized carbons (Fsp3) is 0.500. The normalized spacial score (nSPS) is 14.3. The molecule has 156 valence electrons. The zero-order valence-corrected chi connectivity index (χ0v) is 17.8. The van der Waals surface area contributed by atoms with E-state index in [-0.39, 0.29) is 23.6 Å². The van der Waals surface area contributed by atoms with Crippen LogP contribution in [0.5, 0.6) is 0 Å². The minimum atomic E-state index is -0.102. The quantitative estimate of drug-likeness (QED) is 0.661. The first-order valence-corrected chi connectivity index (χ1v) is 10.9. The number of carbonyl (C=O) groups is 2. The predicted octanol–water partition coefficient (Wildman–Crippen LogP) is 1.81. The highest BCUT2D eigenvalue weighted by Crippen LogP contribution is 2.18. The molecule has 1 aliphatic heterocycles. The summed E-state index contributed by atoms with van der Waals surface area (Å²) in [6.45, 7) is 7.51. The van der Waals surface area contributed by atoms with E-state index < -0.39 is 0 Å². The molecule has 1 fully saturated rings. The van der Waals surface area contributed by atoms with Crippen LogP contribution in [0.3, 0.4) is 0 Å². The topological polar surface area (TPSA) is 83.4 Å². The summed E-state index contributed by atoms with van der Waals surface area (Å²) in [5, 5.41) is 11.5. The van der Waals surface area contributed by atoms with Crippen molar-refractivity contribution in [1.29, 1.82) is 0 Å². The summed E-state index contributed by atoms with van der Waals surface area (Å²) in [5.41, 5.74) is 1.19. The van der Waals surface area contributed by atoms with Crippen molar-refractivity contribution >= 4 is 29.3 Å². The lowest BCUT2D eigenvalue weighted by atomic mass is 10.2. The van der Waals surface area contributed by atoms with Crippen LogP contribution in [-0.4, -0.2) is 70.0 Å². The molecule has 1 N–H and O–H groups in total. The molecule has 0 unspecified atom stereocenters. The Morgan fingerprint density at radius 3 is 2.55 bits per heavy atom. The molecule has 0 radical (unpaired) electrons. The van der Waals surface area contributed by atoms with Crippen molar-refractivity contribution < 1.29 is 9.59 Å². The summed E-state index contributed by atoms with van der Waals surface area (Å²) in [6.07, 6.45) is 1.99. The van der Waals surface area contributed by atoms with E-state index in [2.05, 4.69) is 32.5 Å². The van der Waals surface area contributed by atoms with Gasteiger partial charge in [0.15, 0.2) is 5.16 Å². The van der Waals surface area contributed by atoms with Crippen LogP contribution in [0.25, 0.3) is 0 Å². The van der Waals surface area contributed by atoms with Crippen molar-refractivity contribution in [3.05, 3.63) is 36.7 Å². The molecule has 1 aromatic carbocycles. The van der Waals surface area contributed by atoms with Crippen LogP contribution < -0.4 is 10.2 Å². The van der Waals surface area contributed by atoms with E-state index in [4.69, 9.17) is 0 Å². The van der Waals surface area contributed by atoms with Crippen LogP contribution >= 0.6 is 11.8 Å². The number of piperazine rings is 1. The lowest BCUT2D eigenvalue weighted by molar-refractivity contribution is -0.131. The van der Waals surface area contributed by atoms with E-state index in [1.807, 2.05) is 41.5 Å². The Balaban J connectivity index is 1.33. The maximum atomic E-state index is 12.4. The van der Waals surface area contributed by atoms with Gasteiger partial charge in [-0.1, -0.05) is 30.0 Å². The summed E-state index contributed by atoms with van der Waals surface area (Å²) in [5.74, 6) is 0.246. The first-order chi connectivity index (χ1) is 14.0. The van der Waals surface area contributed by atoms with Crippen LogP contribution in [0.1, 0.15) is 26.3 Å². The standard InChI is InChI=1S/C20H28N6O2S/c1-16(2)26-15-22-23-20(26)29-14-18(27)21-9-8-19(28)25-12-10-24(11-13-25)17-6-4-3-5-7-17/h3-7,15-16H,8-14H2,1-2H3,(H,21,27). The van der Waals surface area contributed by atoms with Crippen molar-refractivity contribution in [2.45, 2.75) is 31.5 Å². The first-order valence-electron chi connectivity index (χ1n) is 9.91. The number of carbonyl (C=O) groups excluding carboxylic acids is 2. The molecule has 29 heavy (non-hydrogen) atoms. The van der Waals surface area contributed by atoms with Crippen LogP contribution in [0.4, 0.5) is 5.69 Å². The molecule has 0 spiro atoms. The third-order valence-corrected chi connectivity index (χ3v) is 5.80. The number of aromatic nitrogens is 3. The molecule has 0 aliphatic carbocycles. The number of amides is 2. The highest BCUT2D eigenvalue weighted by atomic mass is 32.2. The summed E-state index contributed by atoms with van der Waals surface area (Å²) in [4.78, 5) is 28.6. The molecular formula is C20H28N6O2S. The predicted molar refractivity (Wildman–Crippen MR) is 114 cm³/mol. The van der Waals surface area contributed by atoms with Crippen molar-refractivity contribution in [3.63, 3.8) is 0 Å². The van der Waals surface area contributed by atoms with Crippen LogP contribution in [0, 0.1) is 0 Å². The van der Waals surface area contributed by atoms with Gasteiger partial charge in [-0.05, 0) is 26.0 Å². The smallest absolute Gasteiger partial charge is 0.230 e. The number of para-hydroxylation sites is 1. The van der Waals surface area contributed by atoms with E-state index in [1.165, 1.54) is 17.4 Å². The molecule has 0 atom stereocenters. The molecule has 1 aromatic heterocycles. The summed E-state index contributed by atoms with van der Waals surface area (Å²) >= 11 is 1.35. The van der Waals surface area contributed by atoms with Gasteiger partial charge in [0.25, 0.3) is 0 Å². The number of rotatable bonds is 8. The Labute approximate surface area is 175 Å². The molecule has 0 saturated carbocycles. The van der Waals surface area contributed by atoms with Gasteiger partial charge in [0.2, 0.25) is 11.8 Å². The zero-order valence-electron chi connectivity index (χ0n) is 17.0. The Hall–Kier alpha value is -2.55. The number of thioether (sulfide) groups is 1. The Morgan fingerprint density at radius 1 is 1.14 bits per heavy atom. The van der Waals surface area contributed by atoms with Gasteiger partial charge in [0.05, 0.1) is 5.75 Å². The van der Waals surface area contributed by atoms with Gasteiger partial charge < -0.3 is 19.7 Å². The Kier molecular flexibility index (Phi) is 7.51. The van der Waals surface area contributed by atoms with Gasteiger partial charge in [0.1, 0.15) is 6.33 Å². The molecule has 9 heteroatoms. The van der Waals surface area contributed by atoms with E-state index >= 15 is 0 Å². The largest absolute Gasteiger partial charge is 0.368 e. The third-order valence-electron chi connectivity index (χ3n) is 4.84. The van der Waals surface area contributed by atoms with Gasteiger partial charge in [-0.3, -0.25) is 9.59 Å². The number of hydrogen-bond donors (Lipinski definition) is 1. The molecule has 3 rings (SSSR count). The van der Waals surface area contributed by atoms with Crippen LogP contribution in [-0.2, 0) is 9.59 Å². The third kappa shape index (κ3) is 5.96. The summed E-state index contributed by atoms with van der Waals surface area (Å²) in [7, 11) is 0. The van der Waals surface area contributed by atoms with Crippen molar-refractivity contribution in [2.75, 3.05) is 43.4 Å². The summed E-state index contributed by atoms with van der Waals surface area (Å²) in [6, 6.07) is 10.5. The molecule has 1 aliphatic rings. The number of benzene rings is 1. The second-order valence-electron chi connectivity index (χ2n) is 7.21. The maximum absolute atomic E-state index is 12.4. The molecule has 0 bridgehead atoms. The van der Waals surface area contributed by atoms with Gasteiger partial charge in [-0.2, -0.15) is 0 Å². The van der Waals surface area contributed by atoms with Crippen molar-refractivity contribution in [3.8, 4) is 0 Å². The molecule has 8 nitrogen and oxygen atoms in total. The van der Waals surface area contributed by atoms with Crippen molar-refractivity contribution in [1.82, 2.24) is 25.0 Å². The molecule has 1 saturated heterocycles. The van der Waals surface area contributed by atoms with Gasteiger partial charge in [-0.25, -0.2) is 0 Å². The zero-order chi connectivity index (χ0) is 20.6. The SMILES string of the molecule is CC(C)n1cnnc1SCC(=O)NCCC(=O)N1CCN(c2ccccc2)CC1.